The minimum absolute atomic E-state index is 0.0181. The largest absolute Gasteiger partial charge is 0.386 e. The van der Waals surface area contributed by atoms with Crippen molar-refractivity contribution in [3.63, 3.8) is 0 Å². The van der Waals surface area contributed by atoms with Crippen LogP contribution in [0.15, 0.2) is 79.3 Å². The summed E-state index contributed by atoms with van der Waals surface area (Å²) in [5, 5.41) is 11.6. The number of nitrogens with zero attached hydrogens (tertiary/aromatic N) is 19. The van der Waals surface area contributed by atoms with Gasteiger partial charge in [0.25, 0.3) is 33.4 Å². The number of fused-ring (bicyclic) bond motifs is 15. The maximum Gasteiger partial charge on any atom is 0.386 e. The lowest BCUT2D eigenvalue weighted by Gasteiger charge is -2.27. The lowest BCUT2D eigenvalue weighted by molar-refractivity contribution is -0.0617. The summed E-state index contributed by atoms with van der Waals surface area (Å²) in [6, 6.07) is 0. The van der Waals surface area contributed by atoms with Crippen LogP contribution in [0.2, 0.25) is 0 Å². The van der Waals surface area contributed by atoms with Crippen molar-refractivity contribution in [3.8, 4) is 0 Å². The van der Waals surface area contributed by atoms with E-state index in [1.807, 2.05) is 0 Å². The molecule has 9 aliphatic rings. The molecule has 6 unspecified atom stereocenters. The van der Waals surface area contributed by atoms with E-state index in [0.29, 0.717) is 5.69 Å². The number of alkyl halides is 5. The molecule has 0 aromatic carbocycles. The molecule has 0 aliphatic carbocycles. The van der Waals surface area contributed by atoms with Gasteiger partial charge in [-0.05, 0) is 59.0 Å². The molecule has 9 aliphatic heterocycles. The van der Waals surface area contributed by atoms with Crippen molar-refractivity contribution < 1.29 is 134 Å². The predicted molar refractivity (Wildman–Crippen MR) is 456 cm³/mol. The second kappa shape index (κ2) is 36.3. The fourth-order valence-corrected chi connectivity index (χ4v) is 24.2. The number of ether oxygens (including phenoxy) is 6. The highest BCUT2D eigenvalue weighted by molar-refractivity contribution is 8.44. The number of nitrogens with one attached hydrogen (secondary N) is 6. The zero-order valence-electron chi connectivity index (χ0n) is 66.1. The molecule has 12 aromatic heterocycles. The van der Waals surface area contributed by atoms with Crippen LogP contribution < -0.4 is 50.6 Å². The summed E-state index contributed by atoms with van der Waals surface area (Å²) in [7, 11) is 0. The molecule has 29 atom stereocenters. The summed E-state index contributed by atoms with van der Waals surface area (Å²) in [5.41, 5.74) is 12.5. The number of anilines is 3. The smallest absolute Gasteiger partial charge is 0.369 e. The summed E-state index contributed by atoms with van der Waals surface area (Å²) in [6.07, 6.45) is -27.1. The number of aromatic amines is 6. The molecule has 134 heavy (non-hydrogen) atoms. The van der Waals surface area contributed by atoms with E-state index in [1.165, 1.54) is 21.6 Å². The van der Waals surface area contributed by atoms with E-state index < -0.39 is 255 Å². The maximum atomic E-state index is 16.0. The third kappa shape index (κ3) is 18.5. The molecule has 17 N–H and O–H groups in total. The van der Waals surface area contributed by atoms with E-state index in [-0.39, 0.29) is 85.7 Å². The average molecular weight is 2120 g/mol. The highest BCUT2D eigenvalue weighted by Gasteiger charge is 2.59. The standard InChI is InChI=1S/C20H21F2N9O10P2S2.C20H22FN9O10P2S2.C19H20F2N10O10P2S2/c21-8-6-1-36-42(34,44)40-12-7(39-18(9(12)22)30-4-26-10-14(30)24-3-25-16(10)32)2-37-43(35,45)41-13(8)19(38-6)31-5-27-11-15(31)28-20(23)29-17(11)33;21-12-11-4-36-41(33,43)39-9-1-8(7-2-23-16-18(32)24-5-26-30(7)16)37-10(9)3-35-42(34,44)40-14(12)19(38-11)29-6-25-13-15(29)27-20(22)28-17(13)31;20-7-5-1-36-42(34,44)40-11-6(39-17(8(11)21)31-13-10(28-29-31)15(32)24-3-23-13)2-37-43(35,45)41-12(7)18(38-5)30-4-25-9-14(30)26-19(22)27-16(9)33/h3-9,12-13,18-19H,1-2H2,(H,34,44)(H,35,45)(H,24,25,32)(H3,23,28,29,33);2,5-6,8-12,14,19H,1,3-4H2,(H,33,43)(H,34,44)(H,24,26,32)(H3,22,27,28,31);3-8,11-12,17-18H,1-2H2,(H,34,44)(H,35,45)(H,23,24,32)(H3,22,26,27,33)/t6-,7-,8+,9+,12-,13-,18-,19-,42?,43?;8-,9+,10-,11-,12-,14-,19-,41?,42?;5-,6-,7+,8+,11-,12-,17-,18-,42?,43?/m111/s1. The van der Waals surface area contributed by atoms with E-state index in [9.17, 15) is 57.8 Å². The Hall–Kier alpha value is -8.01. The SMILES string of the molecule is Nc1nc2c(ncn2[C@@H]2O[C@@H]3COP(O)(=S)O[C@H]4C[C@H](c5cnc6c(=O)[nH]cnn56)O[C@@H]4COP(=O)(S)O[C@@H]2[C@@H]3F)c(=O)[nH]1.Nc1nc2c(ncn2[C@@H]2O[C@@H]3COP(O)(=S)O[C@H]4[C@H](F)[C@H](n5cnc6c(=O)[nH]cnc65)O[C@@H]4COP(O)(=S)O[C@@H]2[C@H]3F)c(=O)[nH]1.Nc1nc2c(ncn2[C@@H]2O[C@@H]3COP(O)(=S)O[C@H]4[C@H](F)[C@H](n5nnc6c(=O)[nH]cnc65)O[C@@H]4COP(O)(=S)O[C@@H]2[C@H]3F)c(=O)[nH]1. The van der Waals surface area contributed by atoms with E-state index in [4.69, 9.17) is 159 Å². The minimum atomic E-state index is -4.39. The van der Waals surface area contributed by atoms with Crippen LogP contribution in [0.1, 0.15) is 49.4 Å². The fraction of sp³-hybridized carbons (Fsp3) is 0.508. The van der Waals surface area contributed by atoms with Gasteiger partial charge < -0.3 is 112 Å². The van der Waals surface area contributed by atoms with E-state index >= 15 is 22.0 Å². The quantitative estimate of drug-likeness (QED) is 0.0527. The number of nitrogens with two attached hydrogens (primary N) is 3. The van der Waals surface area contributed by atoms with Crippen LogP contribution in [-0.4, -0.2) is 291 Å². The van der Waals surface area contributed by atoms with Crippen LogP contribution in [0.4, 0.5) is 39.8 Å². The number of hydrogen-bond acceptors (Lipinski definition) is 46. The summed E-state index contributed by atoms with van der Waals surface area (Å²) in [5.74, 6) is -0.774. The topological polar surface area (TPSA) is 756 Å². The Kier molecular flexibility index (Phi) is 25.7. The number of rotatable bonds is 6. The third-order valence-electron chi connectivity index (χ3n) is 21.5. The van der Waals surface area contributed by atoms with Crippen molar-refractivity contribution in [2.75, 3.05) is 56.8 Å². The van der Waals surface area contributed by atoms with Crippen LogP contribution >= 0.6 is 52.6 Å². The number of nitrogen functional groups attached to an aromatic ring is 3. The molecule has 6 bridgehead atoms. The van der Waals surface area contributed by atoms with E-state index in [2.05, 4.69) is 107 Å². The Morgan fingerprint density at radius 3 is 1.23 bits per heavy atom. The van der Waals surface area contributed by atoms with Gasteiger partial charge in [-0.15, -0.1) is 5.10 Å². The first-order chi connectivity index (χ1) is 63.5. The van der Waals surface area contributed by atoms with Gasteiger partial charge in [0.15, 0.2) is 118 Å². The molecule has 9 fully saturated rings. The van der Waals surface area contributed by atoms with Crippen molar-refractivity contribution in [3.05, 3.63) is 118 Å². The van der Waals surface area contributed by atoms with Gasteiger partial charge in [-0.25, -0.2) is 65.9 Å². The molecule has 21 heterocycles. The number of hydrogen-bond donors (Lipinski definition) is 15. The summed E-state index contributed by atoms with van der Waals surface area (Å²) >= 11 is 29.7. The van der Waals surface area contributed by atoms with Gasteiger partial charge in [-0.2, -0.15) is 24.7 Å². The molecule has 9 saturated heterocycles. The second-order valence-corrected chi connectivity index (χ2v) is 46.7. The Labute approximate surface area is 765 Å². The molecular weight excluding hydrogens is 2050 g/mol. The average Bonchev–Trinajstić information content (AvgIpc) is 1.61. The van der Waals surface area contributed by atoms with Crippen LogP contribution in [-0.2, 0) is 146 Å². The van der Waals surface area contributed by atoms with Gasteiger partial charge >= 0.3 is 40.4 Å². The van der Waals surface area contributed by atoms with E-state index in [1.54, 1.807) is 0 Å². The van der Waals surface area contributed by atoms with Gasteiger partial charge in [0.2, 0.25) is 23.5 Å². The summed E-state index contributed by atoms with van der Waals surface area (Å²) < 4.78 is 201. The molecule has 0 amide bonds. The Balaban J connectivity index is 0.000000129. The molecule has 0 saturated carbocycles. The van der Waals surface area contributed by atoms with Crippen LogP contribution in [0.3, 0.4) is 0 Å². The summed E-state index contributed by atoms with van der Waals surface area (Å²) in [4.78, 5) is 182. The van der Waals surface area contributed by atoms with Gasteiger partial charge in [0.1, 0.15) is 79.6 Å². The van der Waals surface area contributed by atoms with Crippen LogP contribution in [0, 0.1) is 0 Å². The molecule has 0 radical (unpaired) electrons. The van der Waals surface area contributed by atoms with Gasteiger partial charge in [0, 0.05) is 6.42 Å². The van der Waals surface area contributed by atoms with Gasteiger partial charge in [0.05, 0.1) is 95.6 Å². The normalized spacial score (nSPS) is 37.3. The molecule has 0 spiro atoms. The van der Waals surface area contributed by atoms with Crippen molar-refractivity contribution in [1.29, 1.82) is 0 Å². The minimum Gasteiger partial charge on any atom is -0.369 e. The number of aromatic nitrogens is 25. The molecule has 720 valence electrons. The molecular formula is C59H63F5N28O30P6S6. The summed E-state index contributed by atoms with van der Waals surface area (Å²) in [6.45, 7) is -29.8. The number of halogens is 5. The second-order valence-electron chi connectivity index (χ2n) is 29.9. The first-order valence-corrected chi connectivity index (χ1v) is 54.0. The Morgan fingerprint density at radius 1 is 0.388 bits per heavy atom. The third-order valence-corrected chi connectivity index (χ3v) is 30.9. The highest BCUT2D eigenvalue weighted by Crippen LogP contribution is 2.61. The number of thiol groups is 1. The van der Waals surface area contributed by atoms with Crippen LogP contribution in [0.25, 0.3) is 61.5 Å². The number of imidazole rings is 5. The molecule has 58 nitrogen and oxygen atoms in total. The van der Waals surface area contributed by atoms with Crippen molar-refractivity contribution in [2.24, 2.45) is 0 Å². The first kappa shape index (κ1) is 94.9. The molecule has 12 aromatic rings. The fourth-order valence-electron chi connectivity index (χ4n) is 15.6. The Morgan fingerprint density at radius 2 is 0.761 bits per heavy atom. The van der Waals surface area contributed by atoms with Crippen molar-refractivity contribution >= 4 is 191 Å². The maximum absolute atomic E-state index is 16.0. The Bertz CT molecular complexity index is 7050. The van der Waals surface area contributed by atoms with Crippen LogP contribution in [0.5, 0.6) is 0 Å². The monoisotopic (exact) mass is 2120 g/mol. The van der Waals surface area contributed by atoms with Gasteiger partial charge in [-0.1, -0.05) is 17.5 Å². The lowest BCUT2D eigenvalue weighted by Crippen LogP contribution is -2.34. The highest BCUT2D eigenvalue weighted by atomic mass is 32.7. The predicted octanol–water partition coefficient (Wildman–Crippen LogP) is -1.22. The molecule has 75 heteroatoms. The van der Waals surface area contributed by atoms with E-state index in [0.717, 1.165) is 56.3 Å². The molecule has 21 rings (SSSR count). The number of H-pyrrole nitrogens is 6. The zero-order valence-corrected chi connectivity index (χ0v) is 76.4. The van der Waals surface area contributed by atoms with Crippen molar-refractivity contribution in [2.45, 2.75) is 148 Å². The zero-order chi connectivity index (χ0) is 94.6. The lowest BCUT2D eigenvalue weighted by atomic mass is 10.1. The van der Waals surface area contributed by atoms with Crippen molar-refractivity contribution in [1.82, 2.24) is 123 Å². The first-order valence-electron chi connectivity index (χ1n) is 38.4. The van der Waals surface area contributed by atoms with Gasteiger partial charge in [-0.3, -0.25) is 89.1 Å².